The molecule has 2 heterocycles. The Morgan fingerprint density at radius 1 is 0.789 bits per heavy atom. The van der Waals surface area contributed by atoms with Gasteiger partial charge < -0.3 is 28.7 Å². The minimum atomic E-state index is -0.804. The second-order valence-corrected chi connectivity index (χ2v) is 9.32. The summed E-state index contributed by atoms with van der Waals surface area (Å²) in [6.45, 7) is 2.99. The van der Waals surface area contributed by atoms with Crippen LogP contribution in [0.4, 0.5) is 11.4 Å². The Morgan fingerprint density at radius 2 is 1.21 bits per heavy atom. The summed E-state index contributed by atoms with van der Waals surface area (Å²) in [5, 5.41) is 0. The summed E-state index contributed by atoms with van der Waals surface area (Å²) in [7, 11) is 3.28. The normalized spacial score (nSPS) is 15.7. The summed E-state index contributed by atoms with van der Waals surface area (Å²) >= 11 is 0. The number of anilines is 2. The maximum absolute atomic E-state index is 12.1. The molecule has 2 aliphatic heterocycles. The summed E-state index contributed by atoms with van der Waals surface area (Å²) in [6.07, 6.45) is 3.18. The van der Waals surface area contributed by atoms with Gasteiger partial charge in [-0.25, -0.2) is 9.59 Å². The van der Waals surface area contributed by atoms with E-state index in [9.17, 15) is 9.59 Å². The first-order valence-corrected chi connectivity index (χ1v) is 12.8. The summed E-state index contributed by atoms with van der Waals surface area (Å²) in [6, 6.07) is 12.0. The van der Waals surface area contributed by atoms with Crippen LogP contribution in [0.15, 0.2) is 48.6 Å². The van der Waals surface area contributed by atoms with Crippen LogP contribution >= 0.6 is 0 Å². The molecular formula is C28H36N4O6. The molecule has 10 heteroatoms. The van der Waals surface area contributed by atoms with Gasteiger partial charge in [-0.2, -0.15) is 0 Å². The Balaban J connectivity index is 1.16. The number of rotatable bonds is 12. The topological polar surface area (TPSA) is 130 Å². The van der Waals surface area contributed by atoms with Crippen molar-refractivity contribution in [3.8, 4) is 11.5 Å². The van der Waals surface area contributed by atoms with Crippen LogP contribution in [0.3, 0.4) is 0 Å². The van der Waals surface area contributed by atoms with Gasteiger partial charge in [0.1, 0.15) is 11.5 Å². The molecule has 10 nitrogen and oxygen atoms in total. The number of hydrogen-bond acceptors (Lipinski definition) is 10. The number of ether oxygens (including phenoxy) is 4. The summed E-state index contributed by atoms with van der Waals surface area (Å²) in [4.78, 5) is 28.6. The maximum atomic E-state index is 12.1. The Kier molecular flexibility index (Phi) is 9.09. The molecule has 204 valence electrons. The number of benzene rings is 2. The van der Waals surface area contributed by atoms with E-state index < -0.39 is 24.4 Å². The number of carbonyl (C=O) groups is 2. The SMILES string of the molecule is COc1ccc2c(c1)N(CCC(N)OC(=O)/C=C/C(=O)OC(N)CCN1CCc3ccc(OC)cc31)CC2. The molecule has 2 atom stereocenters. The number of nitrogens with two attached hydrogens (primary N) is 2. The standard InChI is InChI=1S/C28H36N4O6/c1-35-21-5-3-19-9-13-31(23(19)17-21)15-11-25(29)37-27(33)7-8-28(34)38-26(30)12-16-32-14-10-20-4-6-22(36-2)18-24(20)32/h3-8,17-18,25-26H,9-16,29-30H2,1-2H3/b8-7+. The van der Waals surface area contributed by atoms with E-state index in [4.69, 9.17) is 30.4 Å². The summed E-state index contributed by atoms with van der Waals surface area (Å²) < 4.78 is 21.0. The van der Waals surface area contributed by atoms with Crippen LogP contribution in [0.5, 0.6) is 11.5 Å². The number of fused-ring (bicyclic) bond motifs is 2. The zero-order chi connectivity index (χ0) is 27.1. The number of hydrogen-bond donors (Lipinski definition) is 2. The molecule has 2 aliphatic rings. The highest BCUT2D eigenvalue weighted by Gasteiger charge is 2.22. The van der Waals surface area contributed by atoms with Crippen molar-refractivity contribution in [2.75, 3.05) is 50.2 Å². The van der Waals surface area contributed by atoms with Gasteiger partial charge in [-0.3, -0.25) is 11.5 Å². The third-order valence-corrected chi connectivity index (χ3v) is 6.83. The Hall–Kier alpha value is -3.76. The molecular weight excluding hydrogens is 488 g/mol. The van der Waals surface area contributed by atoms with Gasteiger partial charge in [0.15, 0.2) is 12.5 Å². The smallest absolute Gasteiger partial charge is 0.332 e. The van der Waals surface area contributed by atoms with E-state index in [0.29, 0.717) is 25.9 Å². The highest BCUT2D eigenvalue weighted by atomic mass is 16.6. The van der Waals surface area contributed by atoms with Crippen LogP contribution in [0.1, 0.15) is 24.0 Å². The molecule has 0 amide bonds. The van der Waals surface area contributed by atoms with E-state index in [1.54, 1.807) is 14.2 Å². The van der Waals surface area contributed by atoms with Gasteiger partial charge in [0, 0.05) is 74.7 Å². The first-order valence-electron chi connectivity index (χ1n) is 12.8. The van der Waals surface area contributed by atoms with Crippen molar-refractivity contribution < 1.29 is 28.5 Å². The number of nitrogens with zero attached hydrogens (tertiary/aromatic N) is 2. The predicted molar refractivity (Wildman–Crippen MR) is 144 cm³/mol. The average molecular weight is 525 g/mol. The second kappa shape index (κ2) is 12.7. The molecule has 0 radical (unpaired) electrons. The molecule has 0 saturated carbocycles. The third kappa shape index (κ3) is 6.96. The predicted octanol–water partition coefficient (Wildman–Crippen LogP) is 2.12. The molecule has 0 spiro atoms. The number of carbonyl (C=O) groups excluding carboxylic acids is 2. The fourth-order valence-electron chi connectivity index (χ4n) is 4.77. The lowest BCUT2D eigenvalue weighted by molar-refractivity contribution is -0.145. The van der Waals surface area contributed by atoms with Crippen LogP contribution in [0.25, 0.3) is 0 Å². The molecule has 2 unspecified atom stereocenters. The second-order valence-electron chi connectivity index (χ2n) is 9.32. The minimum Gasteiger partial charge on any atom is -0.497 e. The molecule has 4 rings (SSSR count). The average Bonchev–Trinajstić information content (AvgIpc) is 3.52. The Labute approximate surface area is 223 Å². The molecule has 2 aromatic rings. The van der Waals surface area contributed by atoms with Crippen molar-refractivity contribution in [3.63, 3.8) is 0 Å². The molecule has 38 heavy (non-hydrogen) atoms. The first-order chi connectivity index (χ1) is 18.4. The molecule has 4 N–H and O–H groups in total. The molecule has 0 saturated heterocycles. The summed E-state index contributed by atoms with van der Waals surface area (Å²) in [5.41, 5.74) is 16.7. The van der Waals surface area contributed by atoms with E-state index in [-0.39, 0.29) is 0 Å². The zero-order valence-electron chi connectivity index (χ0n) is 21.9. The Morgan fingerprint density at radius 3 is 1.61 bits per heavy atom. The van der Waals surface area contributed by atoms with Crippen LogP contribution in [-0.4, -0.2) is 64.8 Å². The fraction of sp³-hybridized carbons (Fsp3) is 0.429. The van der Waals surface area contributed by atoms with Crippen molar-refractivity contribution in [2.24, 2.45) is 11.5 Å². The van der Waals surface area contributed by atoms with Crippen molar-refractivity contribution in [3.05, 3.63) is 59.7 Å². The van der Waals surface area contributed by atoms with Crippen molar-refractivity contribution in [1.82, 2.24) is 0 Å². The van der Waals surface area contributed by atoms with E-state index in [1.807, 2.05) is 24.3 Å². The minimum absolute atomic E-state index is 0.442. The first kappa shape index (κ1) is 27.3. The van der Waals surface area contributed by atoms with Crippen LogP contribution in [-0.2, 0) is 31.9 Å². The van der Waals surface area contributed by atoms with Crippen molar-refractivity contribution in [2.45, 2.75) is 38.1 Å². The Bertz CT molecular complexity index is 1080. The fourth-order valence-corrected chi connectivity index (χ4v) is 4.77. The van der Waals surface area contributed by atoms with Crippen molar-refractivity contribution in [1.29, 1.82) is 0 Å². The lowest BCUT2D eigenvalue weighted by Crippen LogP contribution is -2.33. The monoisotopic (exact) mass is 524 g/mol. The van der Waals surface area contributed by atoms with Gasteiger partial charge in [0.05, 0.1) is 14.2 Å². The van der Waals surface area contributed by atoms with Gasteiger partial charge >= 0.3 is 11.9 Å². The van der Waals surface area contributed by atoms with Crippen LogP contribution in [0, 0.1) is 0 Å². The number of esters is 2. The van der Waals surface area contributed by atoms with E-state index in [0.717, 1.165) is 61.0 Å². The summed E-state index contributed by atoms with van der Waals surface area (Å²) in [5.74, 6) is 0.165. The largest absolute Gasteiger partial charge is 0.497 e. The lowest BCUT2D eigenvalue weighted by atomic mass is 10.1. The molecule has 0 aliphatic carbocycles. The van der Waals surface area contributed by atoms with Crippen LogP contribution in [0.2, 0.25) is 0 Å². The van der Waals surface area contributed by atoms with Gasteiger partial charge in [-0.1, -0.05) is 12.1 Å². The highest BCUT2D eigenvalue weighted by Crippen LogP contribution is 2.32. The molecule has 0 fully saturated rings. The van der Waals surface area contributed by atoms with Gasteiger partial charge in [-0.05, 0) is 36.1 Å². The highest BCUT2D eigenvalue weighted by molar-refractivity contribution is 5.91. The lowest BCUT2D eigenvalue weighted by Gasteiger charge is -2.22. The molecule has 0 aromatic heterocycles. The van der Waals surface area contributed by atoms with Crippen molar-refractivity contribution >= 4 is 23.3 Å². The quantitative estimate of drug-likeness (QED) is 0.242. The van der Waals surface area contributed by atoms with Gasteiger partial charge in [0.2, 0.25) is 0 Å². The van der Waals surface area contributed by atoms with Gasteiger partial charge in [-0.15, -0.1) is 0 Å². The third-order valence-electron chi connectivity index (χ3n) is 6.83. The van der Waals surface area contributed by atoms with Crippen LogP contribution < -0.4 is 30.7 Å². The van der Waals surface area contributed by atoms with E-state index in [2.05, 4.69) is 21.9 Å². The molecule has 0 bridgehead atoms. The number of methoxy groups -OCH3 is 2. The maximum Gasteiger partial charge on any atom is 0.332 e. The van der Waals surface area contributed by atoms with E-state index in [1.165, 1.54) is 11.1 Å². The zero-order valence-corrected chi connectivity index (χ0v) is 21.9. The molecule has 2 aromatic carbocycles. The van der Waals surface area contributed by atoms with E-state index >= 15 is 0 Å². The van der Waals surface area contributed by atoms with Gasteiger partial charge in [0.25, 0.3) is 0 Å².